The summed E-state index contributed by atoms with van der Waals surface area (Å²) in [6, 6.07) is 0. The van der Waals surface area contributed by atoms with Gasteiger partial charge in [-0.1, -0.05) is 58.1 Å². The van der Waals surface area contributed by atoms with Crippen LogP contribution in [0.1, 0.15) is 58.8 Å². The summed E-state index contributed by atoms with van der Waals surface area (Å²) in [5, 5.41) is 21.0. The summed E-state index contributed by atoms with van der Waals surface area (Å²) in [5.41, 5.74) is 0. The van der Waals surface area contributed by atoms with Gasteiger partial charge in [0.05, 0.1) is 24.4 Å². The monoisotopic (exact) mass is 282 g/mol. The van der Waals surface area contributed by atoms with Gasteiger partial charge in [0.15, 0.2) is 0 Å². The van der Waals surface area contributed by atoms with Crippen molar-refractivity contribution in [1.29, 1.82) is 0 Å². The Morgan fingerprint density at radius 2 is 1.35 bits per heavy atom. The smallest absolute Gasteiger partial charge is 0.0822 e. The predicted octanol–water partition coefficient (Wildman–Crippen LogP) is 3.05. The Balaban J connectivity index is 1.95. The third kappa shape index (κ3) is 3.44. The number of aliphatic hydroxyl groups excluding tert-OH is 2. The molecule has 1 saturated heterocycles. The Hall–Kier alpha value is -0.380. The lowest BCUT2D eigenvalue weighted by Crippen LogP contribution is -2.40. The fourth-order valence-corrected chi connectivity index (χ4v) is 3.72. The van der Waals surface area contributed by atoms with Gasteiger partial charge >= 0.3 is 0 Å². The molecule has 0 unspecified atom stereocenters. The highest BCUT2D eigenvalue weighted by molar-refractivity contribution is 5.16. The van der Waals surface area contributed by atoms with Crippen LogP contribution in [0, 0.1) is 11.8 Å². The number of aliphatic hydroxyl groups is 2. The van der Waals surface area contributed by atoms with Crippen LogP contribution in [0.3, 0.4) is 0 Å². The molecule has 116 valence electrons. The fourth-order valence-electron chi connectivity index (χ4n) is 3.72. The first-order chi connectivity index (χ1) is 9.69. The lowest BCUT2D eigenvalue weighted by Gasteiger charge is -2.32. The van der Waals surface area contributed by atoms with E-state index in [2.05, 4.69) is 26.0 Å². The molecule has 2 aliphatic rings. The molecule has 2 N–H and O–H groups in total. The van der Waals surface area contributed by atoms with Crippen LogP contribution in [0.4, 0.5) is 0 Å². The van der Waals surface area contributed by atoms with Gasteiger partial charge in [-0.05, 0) is 12.8 Å². The molecule has 0 radical (unpaired) electrons. The van der Waals surface area contributed by atoms with Crippen LogP contribution in [0.5, 0.6) is 0 Å². The zero-order valence-corrected chi connectivity index (χ0v) is 12.9. The van der Waals surface area contributed by atoms with Crippen molar-refractivity contribution < 1.29 is 14.9 Å². The van der Waals surface area contributed by atoms with Gasteiger partial charge in [-0.15, -0.1) is 0 Å². The zero-order chi connectivity index (χ0) is 14.5. The molecule has 2 bridgehead atoms. The maximum Gasteiger partial charge on any atom is 0.0822 e. The largest absolute Gasteiger partial charge is 0.393 e. The van der Waals surface area contributed by atoms with Crippen LogP contribution in [0.25, 0.3) is 0 Å². The summed E-state index contributed by atoms with van der Waals surface area (Å²) in [6.45, 7) is 4.31. The Morgan fingerprint density at radius 3 is 1.85 bits per heavy atom. The minimum absolute atomic E-state index is 0.0117. The first kappa shape index (κ1) is 16.0. The van der Waals surface area contributed by atoms with E-state index in [-0.39, 0.29) is 36.3 Å². The van der Waals surface area contributed by atoms with Gasteiger partial charge in [-0.25, -0.2) is 0 Å². The number of hydrogen-bond acceptors (Lipinski definition) is 3. The maximum atomic E-state index is 10.5. The highest BCUT2D eigenvalue weighted by Crippen LogP contribution is 2.44. The second kappa shape index (κ2) is 7.58. The Bertz CT molecular complexity index is 315. The van der Waals surface area contributed by atoms with E-state index in [9.17, 15) is 10.2 Å². The summed E-state index contributed by atoms with van der Waals surface area (Å²) < 4.78 is 5.89. The minimum Gasteiger partial charge on any atom is -0.393 e. The van der Waals surface area contributed by atoms with Crippen molar-refractivity contribution in [2.75, 3.05) is 0 Å². The lowest BCUT2D eigenvalue weighted by atomic mass is 9.74. The summed E-state index contributed by atoms with van der Waals surface area (Å²) in [5.74, 6) is 0.155. The molecular weight excluding hydrogens is 252 g/mol. The highest BCUT2D eigenvalue weighted by Gasteiger charge is 2.51. The fraction of sp³-hybridized carbons (Fsp3) is 0.882. The molecule has 6 atom stereocenters. The standard InChI is InChI=1S/C17H30O3/c1-3-5-7-9-13(19)17-15-11-10-14(20-15)16(17)12(18)8-6-4-2/h10-19H,3-9H2,1-2H3/t12-,13-,14-,15+,16-,17+/m1/s1. The van der Waals surface area contributed by atoms with E-state index in [0.717, 1.165) is 38.5 Å². The molecule has 1 fully saturated rings. The first-order valence-electron chi connectivity index (χ1n) is 8.39. The third-order valence-electron chi connectivity index (χ3n) is 4.85. The minimum atomic E-state index is -0.347. The summed E-state index contributed by atoms with van der Waals surface area (Å²) >= 11 is 0. The van der Waals surface area contributed by atoms with Crippen LogP contribution in [0.15, 0.2) is 12.2 Å². The molecule has 0 spiro atoms. The maximum absolute atomic E-state index is 10.5. The van der Waals surface area contributed by atoms with Gasteiger partial charge in [-0.3, -0.25) is 0 Å². The summed E-state index contributed by atoms with van der Waals surface area (Å²) in [6.07, 6.45) is 10.7. The van der Waals surface area contributed by atoms with Gasteiger partial charge < -0.3 is 14.9 Å². The average molecular weight is 282 g/mol. The van der Waals surface area contributed by atoms with Crippen molar-refractivity contribution in [1.82, 2.24) is 0 Å². The van der Waals surface area contributed by atoms with Crippen molar-refractivity contribution in [3.05, 3.63) is 12.2 Å². The van der Waals surface area contributed by atoms with Crippen LogP contribution in [-0.2, 0) is 4.74 Å². The van der Waals surface area contributed by atoms with Crippen molar-refractivity contribution in [2.45, 2.75) is 83.2 Å². The molecule has 0 aromatic rings. The zero-order valence-electron chi connectivity index (χ0n) is 12.9. The molecule has 2 aliphatic heterocycles. The molecule has 3 nitrogen and oxygen atoms in total. The Labute approximate surface area is 123 Å². The first-order valence-corrected chi connectivity index (χ1v) is 8.39. The van der Waals surface area contributed by atoms with E-state index in [1.807, 2.05) is 0 Å². The van der Waals surface area contributed by atoms with E-state index in [0.29, 0.717) is 0 Å². The number of ether oxygens (including phenoxy) is 1. The summed E-state index contributed by atoms with van der Waals surface area (Å²) in [7, 11) is 0. The van der Waals surface area contributed by atoms with Crippen molar-refractivity contribution in [3.63, 3.8) is 0 Å². The molecule has 0 saturated carbocycles. The van der Waals surface area contributed by atoms with E-state index in [4.69, 9.17) is 4.74 Å². The van der Waals surface area contributed by atoms with Crippen LogP contribution in [-0.4, -0.2) is 34.6 Å². The van der Waals surface area contributed by atoms with E-state index >= 15 is 0 Å². The highest BCUT2D eigenvalue weighted by atomic mass is 16.5. The number of rotatable bonds is 9. The van der Waals surface area contributed by atoms with E-state index in [1.54, 1.807) is 0 Å². The molecule has 0 aromatic heterocycles. The Kier molecular flexibility index (Phi) is 6.06. The molecular formula is C17H30O3. The SMILES string of the molecule is CCCCC[C@@H](O)[C@@H]1[C@H]([C@H](O)CCCC)[C@H]2C=C[C@@H]1O2. The molecule has 3 heteroatoms. The van der Waals surface area contributed by atoms with Gasteiger partial charge in [0.1, 0.15) is 0 Å². The van der Waals surface area contributed by atoms with Crippen LogP contribution >= 0.6 is 0 Å². The van der Waals surface area contributed by atoms with Crippen LogP contribution < -0.4 is 0 Å². The lowest BCUT2D eigenvalue weighted by molar-refractivity contribution is 0.00861. The van der Waals surface area contributed by atoms with Gasteiger partial charge in [0.2, 0.25) is 0 Å². The molecule has 0 aromatic carbocycles. The van der Waals surface area contributed by atoms with Gasteiger partial charge in [0.25, 0.3) is 0 Å². The van der Waals surface area contributed by atoms with E-state index < -0.39 is 0 Å². The molecule has 2 heterocycles. The van der Waals surface area contributed by atoms with Crippen molar-refractivity contribution >= 4 is 0 Å². The second-order valence-corrected chi connectivity index (χ2v) is 6.38. The predicted molar refractivity (Wildman–Crippen MR) is 80.5 cm³/mol. The number of unbranched alkanes of at least 4 members (excludes halogenated alkanes) is 3. The Morgan fingerprint density at radius 1 is 0.850 bits per heavy atom. The number of hydrogen-bond donors (Lipinski definition) is 2. The molecule has 0 amide bonds. The average Bonchev–Trinajstić information content (AvgIpc) is 3.05. The molecule has 20 heavy (non-hydrogen) atoms. The van der Waals surface area contributed by atoms with Gasteiger partial charge in [-0.2, -0.15) is 0 Å². The van der Waals surface area contributed by atoms with E-state index in [1.165, 1.54) is 6.42 Å². The number of fused-ring (bicyclic) bond motifs is 2. The normalized spacial score (nSPS) is 34.6. The third-order valence-corrected chi connectivity index (χ3v) is 4.85. The topological polar surface area (TPSA) is 49.7 Å². The summed E-state index contributed by atoms with van der Waals surface area (Å²) in [4.78, 5) is 0. The molecule has 2 rings (SSSR count). The van der Waals surface area contributed by atoms with Crippen molar-refractivity contribution in [3.8, 4) is 0 Å². The second-order valence-electron chi connectivity index (χ2n) is 6.38. The molecule has 0 aliphatic carbocycles. The van der Waals surface area contributed by atoms with Crippen LogP contribution in [0.2, 0.25) is 0 Å². The van der Waals surface area contributed by atoms with Gasteiger partial charge in [0, 0.05) is 11.8 Å². The van der Waals surface area contributed by atoms with Crippen molar-refractivity contribution in [2.24, 2.45) is 11.8 Å². The quantitative estimate of drug-likeness (QED) is 0.505.